The maximum atomic E-state index is 14.6. The quantitative estimate of drug-likeness (QED) is 0.0301. The van der Waals surface area contributed by atoms with Crippen molar-refractivity contribution in [2.75, 3.05) is 28.9 Å². The smallest absolute Gasteiger partial charge is 0.427 e. The van der Waals surface area contributed by atoms with E-state index >= 15 is 0 Å². The monoisotopic (exact) mass is 935 g/mol. The van der Waals surface area contributed by atoms with Crippen LogP contribution in [0.15, 0.2) is 120 Å². The van der Waals surface area contributed by atoms with Crippen LogP contribution in [0.25, 0.3) is 32.7 Å². The van der Waals surface area contributed by atoms with E-state index < -0.39 is 0 Å². The highest BCUT2D eigenvalue weighted by molar-refractivity contribution is 6.80. The first-order valence-electron chi connectivity index (χ1n) is 27.0. The van der Waals surface area contributed by atoms with Crippen LogP contribution in [0.5, 0.6) is 11.5 Å². The number of unbranched alkanes of at least 4 members (excludes halogenated alkanes) is 18. The first-order valence-corrected chi connectivity index (χ1v) is 27.0. The number of ketones is 1. The summed E-state index contributed by atoms with van der Waals surface area (Å²) in [7, 11) is 0. The Morgan fingerprint density at radius 3 is 1.56 bits per heavy atom. The molecule has 8 nitrogen and oxygen atoms in total. The molecule has 0 atom stereocenters. The lowest BCUT2D eigenvalue weighted by molar-refractivity contribution is -0.109. The number of nitrogens with zero attached hydrogens (tertiary/aromatic N) is 1. The third-order valence-corrected chi connectivity index (χ3v) is 14.6. The van der Waals surface area contributed by atoms with Crippen LogP contribution in [0.1, 0.15) is 148 Å². The number of nitrogens with one attached hydrogen (secondary N) is 3. The summed E-state index contributed by atoms with van der Waals surface area (Å²) in [5, 5.41) is 28.4. The van der Waals surface area contributed by atoms with Gasteiger partial charge >= 0.3 is 14.0 Å². The Bertz CT molecular complexity index is 2900. The van der Waals surface area contributed by atoms with Gasteiger partial charge in [0.1, 0.15) is 17.3 Å². The van der Waals surface area contributed by atoms with E-state index in [2.05, 4.69) is 78.1 Å². The van der Waals surface area contributed by atoms with E-state index in [4.69, 9.17) is 14.4 Å². The van der Waals surface area contributed by atoms with E-state index in [1.165, 1.54) is 116 Å². The van der Waals surface area contributed by atoms with Crippen molar-refractivity contribution in [1.29, 1.82) is 0 Å². The van der Waals surface area contributed by atoms with Crippen molar-refractivity contribution >= 4 is 80.4 Å². The second-order valence-electron chi connectivity index (χ2n) is 19.8. The molecule has 362 valence electrons. The Morgan fingerprint density at radius 2 is 1.00 bits per heavy atom. The van der Waals surface area contributed by atoms with Crippen LogP contribution in [0.2, 0.25) is 0 Å². The lowest BCUT2D eigenvalue weighted by Crippen LogP contribution is -2.48. The van der Waals surface area contributed by atoms with Gasteiger partial charge < -0.3 is 35.2 Å². The van der Waals surface area contributed by atoms with Gasteiger partial charge in [-0.25, -0.2) is 0 Å². The SMILES string of the molecule is CCCCCCCCCCCCOc1ccc(B2N=c3/c(=C4/C(=O)C(c5ccc6cccc7c6c5NB(c5ccc(OCCCCCCCCCCCC)cc5)N7)=C4O)ccc4cccc(c34)N2)cc1. The molecule has 6 aromatic carbocycles. The van der Waals surface area contributed by atoms with Gasteiger partial charge in [-0.1, -0.05) is 202 Å². The predicted molar refractivity (Wildman–Crippen MR) is 296 cm³/mol. The van der Waals surface area contributed by atoms with E-state index in [9.17, 15) is 9.90 Å². The molecule has 0 saturated heterocycles. The lowest BCUT2D eigenvalue weighted by Gasteiger charge is -2.31. The molecule has 0 bridgehead atoms. The summed E-state index contributed by atoms with van der Waals surface area (Å²) in [6.07, 6.45) is 26.0. The first-order chi connectivity index (χ1) is 34.5. The summed E-state index contributed by atoms with van der Waals surface area (Å²) in [5.41, 5.74) is 6.03. The zero-order valence-electron chi connectivity index (χ0n) is 41.7. The lowest BCUT2D eigenvalue weighted by atomic mass is 9.65. The molecule has 6 aromatic rings. The van der Waals surface area contributed by atoms with E-state index in [1.54, 1.807) is 0 Å². The van der Waals surface area contributed by atoms with Crippen molar-refractivity contribution < 1.29 is 19.4 Å². The van der Waals surface area contributed by atoms with Gasteiger partial charge in [-0.15, -0.1) is 0 Å². The molecule has 9 rings (SSSR count). The van der Waals surface area contributed by atoms with Gasteiger partial charge in [0.15, 0.2) is 0 Å². The average Bonchev–Trinajstić information content (AvgIpc) is 3.39. The third kappa shape index (κ3) is 11.4. The third-order valence-electron chi connectivity index (χ3n) is 14.6. The number of carbonyl (C=O) groups is 1. The Hall–Kier alpha value is -6.15. The van der Waals surface area contributed by atoms with Crippen molar-refractivity contribution in [1.82, 2.24) is 0 Å². The topological polar surface area (TPSA) is 104 Å². The molecule has 2 aliphatic heterocycles. The van der Waals surface area contributed by atoms with Gasteiger partial charge in [0.25, 0.3) is 0 Å². The number of hydrogen-bond acceptors (Lipinski definition) is 8. The van der Waals surface area contributed by atoms with Crippen LogP contribution in [0, 0.1) is 0 Å². The number of carbonyl (C=O) groups excluding carboxylic acids is 1. The highest BCUT2D eigenvalue weighted by Gasteiger charge is 2.39. The van der Waals surface area contributed by atoms with Crippen molar-refractivity contribution in [3.63, 3.8) is 0 Å². The van der Waals surface area contributed by atoms with E-state index in [0.29, 0.717) is 33.9 Å². The highest BCUT2D eigenvalue weighted by Crippen LogP contribution is 2.45. The Balaban J connectivity index is 0.888. The van der Waals surface area contributed by atoms with E-state index in [0.717, 1.165) is 80.5 Å². The molecule has 0 saturated carbocycles. The molecule has 1 aliphatic carbocycles. The molecule has 2 heterocycles. The Morgan fingerprint density at radius 1 is 0.500 bits per heavy atom. The first kappa shape index (κ1) is 48.9. The maximum absolute atomic E-state index is 14.6. The fraction of sp³-hybridized carbons (Fsp3) is 0.400. The molecular weight excluding hydrogens is 862 g/mol. The highest BCUT2D eigenvalue weighted by atomic mass is 16.5. The van der Waals surface area contributed by atoms with Crippen molar-refractivity contribution in [2.24, 2.45) is 4.90 Å². The molecule has 0 aromatic heterocycles. The Kier molecular flexibility index (Phi) is 16.8. The number of aliphatic hydroxyl groups excluding tert-OH is 1. The van der Waals surface area contributed by atoms with Crippen LogP contribution < -0.4 is 46.7 Å². The number of allylic oxidation sites excluding steroid dienone is 2. The molecule has 0 unspecified atom stereocenters. The summed E-state index contributed by atoms with van der Waals surface area (Å²) in [4.78, 5) is 19.9. The molecule has 3 aliphatic rings. The van der Waals surface area contributed by atoms with Gasteiger partial charge in [-0.05, 0) is 70.9 Å². The van der Waals surface area contributed by atoms with Crippen molar-refractivity contribution in [3.05, 3.63) is 131 Å². The van der Waals surface area contributed by atoms with Crippen molar-refractivity contribution in [2.45, 2.75) is 142 Å². The number of hydrogen-bond donors (Lipinski definition) is 4. The average molecular weight is 935 g/mol. The summed E-state index contributed by atoms with van der Waals surface area (Å²) < 4.78 is 12.3. The van der Waals surface area contributed by atoms with Gasteiger partial charge in [-0.3, -0.25) is 4.79 Å². The minimum Gasteiger partial charge on any atom is -0.506 e. The normalized spacial score (nSPS) is 14.6. The molecule has 0 radical (unpaired) electrons. The van der Waals surface area contributed by atoms with Gasteiger partial charge in [0.05, 0.1) is 29.7 Å². The number of benzene rings is 6. The minimum absolute atomic E-state index is 0.0128. The molecule has 10 heteroatoms. The second-order valence-corrected chi connectivity index (χ2v) is 19.8. The largest absolute Gasteiger partial charge is 0.506 e. The van der Waals surface area contributed by atoms with Crippen LogP contribution in [0.4, 0.5) is 17.1 Å². The Labute approximate surface area is 416 Å². The van der Waals surface area contributed by atoms with Gasteiger partial charge in [-0.2, -0.15) is 0 Å². The number of Topliss-reactive ketones (excluding diaryl/α,β-unsaturated/α-hetero) is 1. The van der Waals surface area contributed by atoms with Crippen LogP contribution in [-0.2, 0) is 4.79 Å². The molecule has 4 N–H and O–H groups in total. The summed E-state index contributed by atoms with van der Waals surface area (Å²) >= 11 is 0. The maximum Gasteiger partial charge on any atom is 0.427 e. The molecular formula is C60H72B2N4O4. The molecule has 0 spiro atoms. The number of anilines is 3. The minimum atomic E-state index is -0.390. The van der Waals surface area contributed by atoms with E-state index in [-0.39, 0.29) is 25.5 Å². The van der Waals surface area contributed by atoms with Crippen LogP contribution in [0.3, 0.4) is 0 Å². The van der Waals surface area contributed by atoms with Crippen molar-refractivity contribution in [3.8, 4) is 11.5 Å². The zero-order chi connectivity index (χ0) is 48.1. The second kappa shape index (κ2) is 24.1. The number of aliphatic hydroxyl groups is 1. The van der Waals surface area contributed by atoms with Gasteiger partial charge in [0, 0.05) is 38.6 Å². The van der Waals surface area contributed by atoms with Crippen LogP contribution >= 0.6 is 0 Å². The molecule has 0 amide bonds. The summed E-state index contributed by atoms with van der Waals surface area (Å²) in [6, 6.07) is 36.7. The number of ether oxygens (including phenoxy) is 2. The fourth-order valence-electron chi connectivity index (χ4n) is 10.6. The molecule has 0 fully saturated rings. The molecule has 70 heavy (non-hydrogen) atoms. The summed E-state index contributed by atoms with van der Waals surface area (Å²) in [5.74, 6) is 1.50. The fourth-order valence-corrected chi connectivity index (χ4v) is 10.6. The summed E-state index contributed by atoms with van der Waals surface area (Å²) in [6.45, 7) is 5.31. The zero-order valence-corrected chi connectivity index (χ0v) is 41.7. The van der Waals surface area contributed by atoms with E-state index in [1.807, 2.05) is 60.7 Å². The predicted octanol–water partition coefficient (Wildman–Crippen LogP) is 13.0. The van der Waals surface area contributed by atoms with Gasteiger partial charge in [0.2, 0.25) is 5.78 Å². The standard InChI is InChI=1S/C60H72B2N4O4/c1-3-5-7-9-11-13-15-17-19-21-41-69-47-35-31-45(32-36-47)61-63-51-27-23-25-43-29-39-49(57(65-61)53(43)51)55-59(67)56(60(55)68)50-40-30-44-26-24-28-52-54(44)58(50)66-62(64-52)46-33-37-48(38-34-46)70-42-22-20-18-16-14-12-10-8-6-4-2/h23-40,63-65,67H,3-22,41-42H2,1-2H3/b56-50+. The number of rotatable bonds is 27. The van der Waals surface area contributed by atoms with Crippen LogP contribution in [-0.4, -0.2) is 38.1 Å².